The van der Waals surface area contributed by atoms with E-state index in [4.69, 9.17) is 18.9 Å². The van der Waals surface area contributed by atoms with Gasteiger partial charge >= 0.3 is 0 Å². The molecule has 2 rings (SSSR count). The molecule has 2 heterocycles. The van der Waals surface area contributed by atoms with E-state index in [0.717, 1.165) is 13.1 Å². The normalized spacial score (nSPS) is 33.9. The van der Waals surface area contributed by atoms with Gasteiger partial charge in [0, 0.05) is 26.8 Å². The van der Waals surface area contributed by atoms with E-state index in [0.29, 0.717) is 19.6 Å². The zero-order chi connectivity index (χ0) is 12.1. The monoisotopic (exact) mass is 245 g/mol. The van der Waals surface area contributed by atoms with Gasteiger partial charge in [0.1, 0.15) is 25.8 Å². The van der Waals surface area contributed by atoms with Crippen molar-refractivity contribution in [2.75, 3.05) is 40.9 Å². The Morgan fingerprint density at radius 2 is 1.82 bits per heavy atom. The Morgan fingerprint density at radius 3 is 2.59 bits per heavy atom. The second-order valence-corrected chi connectivity index (χ2v) is 4.71. The van der Waals surface area contributed by atoms with E-state index in [1.807, 2.05) is 0 Å². The highest BCUT2D eigenvalue weighted by Crippen LogP contribution is 2.30. The Morgan fingerprint density at radius 1 is 1.06 bits per heavy atom. The number of hydrogen-bond acceptors (Lipinski definition) is 5. The summed E-state index contributed by atoms with van der Waals surface area (Å²) in [6.45, 7) is 2.77. The third-order valence-corrected chi connectivity index (χ3v) is 3.60. The summed E-state index contributed by atoms with van der Waals surface area (Å²) < 4.78 is 21.5. The molecule has 5 heteroatoms. The van der Waals surface area contributed by atoms with Crippen molar-refractivity contribution >= 4 is 0 Å². The van der Waals surface area contributed by atoms with Crippen LogP contribution in [0, 0.1) is 0 Å². The zero-order valence-corrected chi connectivity index (χ0v) is 10.8. The highest BCUT2D eigenvalue weighted by atomic mass is 16.7. The Balaban J connectivity index is 1.93. The molecule has 17 heavy (non-hydrogen) atoms. The third-order valence-electron chi connectivity index (χ3n) is 3.60. The molecule has 2 saturated heterocycles. The van der Waals surface area contributed by atoms with E-state index < -0.39 is 0 Å². The Hall–Kier alpha value is -0.200. The van der Waals surface area contributed by atoms with Crippen LogP contribution in [-0.2, 0) is 18.9 Å². The van der Waals surface area contributed by atoms with Crippen LogP contribution in [0.3, 0.4) is 0 Å². The second kappa shape index (κ2) is 6.66. The predicted molar refractivity (Wildman–Crippen MR) is 62.7 cm³/mol. The predicted octanol–water partition coefficient (Wildman–Crippen LogP) is 0.833. The first kappa shape index (κ1) is 13.2. The van der Waals surface area contributed by atoms with Crippen LogP contribution in [0.25, 0.3) is 0 Å². The average Bonchev–Trinajstić information content (AvgIpc) is 2.71. The van der Waals surface area contributed by atoms with E-state index in [9.17, 15) is 0 Å². The molecule has 3 atom stereocenters. The highest BCUT2D eigenvalue weighted by Gasteiger charge is 2.44. The molecular formula is C12H23NO4. The molecule has 2 fully saturated rings. The van der Waals surface area contributed by atoms with Crippen LogP contribution in [0.5, 0.6) is 0 Å². The van der Waals surface area contributed by atoms with Crippen molar-refractivity contribution in [3.05, 3.63) is 0 Å². The van der Waals surface area contributed by atoms with Gasteiger partial charge in [0.25, 0.3) is 0 Å². The first-order valence-corrected chi connectivity index (χ1v) is 6.32. The summed E-state index contributed by atoms with van der Waals surface area (Å²) in [6.07, 6.45) is 3.98. The lowest BCUT2D eigenvalue weighted by Crippen LogP contribution is -2.41. The molecule has 0 aromatic heterocycles. The van der Waals surface area contributed by atoms with Crippen LogP contribution in [-0.4, -0.2) is 64.0 Å². The van der Waals surface area contributed by atoms with Gasteiger partial charge in [0.15, 0.2) is 0 Å². The van der Waals surface area contributed by atoms with Crippen LogP contribution in [0.4, 0.5) is 0 Å². The first-order chi connectivity index (χ1) is 8.36. The summed E-state index contributed by atoms with van der Waals surface area (Å²) in [7, 11) is 3.30. The Kier molecular flexibility index (Phi) is 5.18. The number of rotatable bonds is 6. The molecule has 0 aliphatic carbocycles. The van der Waals surface area contributed by atoms with Crippen molar-refractivity contribution in [2.24, 2.45) is 0 Å². The molecule has 100 valence electrons. The molecule has 0 saturated carbocycles. The number of ether oxygens (including phenoxy) is 4. The van der Waals surface area contributed by atoms with Gasteiger partial charge in [0.05, 0.1) is 0 Å². The Labute approximate surface area is 103 Å². The molecule has 0 aromatic carbocycles. The van der Waals surface area contributed by atoms with Crippen LogP contribution >= 0.6 is 0 Å². The van der Waals surface area contributed by atoms with Crippen molar-refractivity contribution < 1.29 is 18.9 Å². The summed E-state index contributed by atoms with van der Waals surface area (Å²) in [5.74, 6) is 0. The Bertz CT molecular complexity index is 227. The minimum Gasteiger partial charge on any atom is -0.359 e. The summed E-state index contributed by atoms with van der Waals surface area (Å²) in [5.41, 5.74) is 0. The largest absolute Gasteiger partial charge is 0.359 e. The second-order valence-electron chi connectivity index (χ2n) is 4.71. The lowest BCUT2D eigenvalue weighted by Gasteiger charge is -2.31. The van der Waals surface area contributed by atoms with Gasteiger partial charge in [-0.1, -0.05) is 6.42 Å². The molecule has 0 amide bonds. The van der Waals surface area contributed by atoms with E-state index in [-0.39, 0.29) is 12.2 Å². The molecule has 0 aromatic rings. The number of fused-ring (bicyclic) bond motifs is 1. The third kappa shape index (κ3) is 3.17. The van der Waals surface area contributed by atoms with Crippen molar-refractivity contribution in [2.45, 2.75) is 37.5 Å². The summed E-state index contributed by atoms with van der Waals surface area (Å²) in [4.78, 5) is 2.48. The summed E-state index contributed by atoms with van der Waals surface area (Å²) >= 11 is 0. The molecule has 0 spiro atoms. The van der Waals surface area contributed by atoms with Crippen LogP contribution in [0.2, 0.25) is 0 Å². The minimum absolute atomic E-state index is 0.105. The summed E-state index contributed by atoms with van der Waals surface area (Å²) in [5, 5.41) is 0. The maximum atomic E-state index is 5.79. The molecule has 2 aliphatic heterocycles. The fourth-order valence-corrected chi connectivity index (χ4v) is 2.87. The fraction of sp³-hybridized carbons (Fsp3) is 1.00. The van der Waals surface area contributed by atoms with Gasteiger partial charge in [-0.2, -0.15) is 0 Å². The molecular weight excluding hydrogens is 222 g/mol. The van der Waals surface area contributed by atoms with Crippen molar-refractivity contribution in [3.63, 3.8) is 0 Å². The van der Waals surface area contributed by atoms with Gasteiger partial charge in [-0.15, -0.1) is 0 Å². The first-order valence-electron chi connectivity index (χ1n) is 6.32. The van der Waals surface area contributed by atoms with E-state index in [1.165, 1.54) is 19.3 Å². The van der Waals surface area contributed by atoms with Crippen molar-refractivity contribution in [3.8, 4) is 0 Å². The lowest BCUT2D eigenvalue weighted by atomic mass is 10.0. The molecule has 0 N–H and O–H groups in total. The maximum Gasteiger partial charge on any atom is 0.146 e. The topological polar surface area (TPSA) is 40.2 Å². The maximum absolute atomic E-state index is 5.79. The van der Waals surface area contributed by atoms with Crippen LogP contribution in [0.15, 0.2) is 0 Å². The number of hydrogen-bond donors (Lipinski definition) is 0. The van der Waals surface area contributed by atoms with Crippen LogP contribution in [0.1, 0.15) is 19.3 Å². The molecule has 0 unspecified atom stereocenters. The molecule has 0 bridgehead atoms. The smallest absolute Gasteiger partial charge is 0.146 e. The number of nitrogens with zero attached hydrogens (tertiary/aromatic N) is 1. The quantitative estimate of drug-likeness (QED) is 0.648. The summed E-state index contributed by atoms with van der Waals surface area (Å²) in [6, 6.07) is 0.487. The fourth-order valence-electron chi connectivity index (χ4n) is 2.87. The van der Waals surface area contributed by atoms with Crippen molar-refractivity contribution in [1.82, 2.24) is 4.90 Å². The molecule has 0 radical (unpaired) electrons. The van der Waals surface area contributed by atoms with Gasteiger partial charge in [-0.25, -0.2) is 0 Å². The number of piperidine rings is 1. The zero-order valence-electron chi connectivity index (χ0n) is 10.8. The van der Waals surface area contributed by atoms with E-state index in [2.05, 4.69) is 4.90 Å². The highest BCUT2D eigenvalue weighted by molar-refractivity contribution is 4.97. The minimum atomic E-state index is 0.105. The van der Waals surface area contributed by atoms with E-state index in [1.54, 1.807) is 14.2 Å². The number of methoxy groups -OCH3 is 2. The SMILES string of the molecule is COCO[C@@H]1[C@@H](OCOC)CN2CCCC[C@@H]12. The van der Waals surface area contributed by atoms with Gasteiger partial charge in [-0.3, -0.25) is 4.90 Å². The van der Waals surface area contributed by atoms with Gasteiger partial charge in [0.2, 0.25) is 0 Å². The lowest BCUT2D eigenvalue weighted by molar-refractivity contribution is -0.147. The van der Waals surface area contributed by atoms with Gasteiger partial charge < -0.3 is 18.9 Å². The van der Waals surface area contributed by atoms with Crippen LogP contribution < -0.4 is 0 Å². The molecule has 2 aliphatic rings. The molecule has 5 nitrogen and oxygen atoms in total. The van der Waals surface area contributed by atoms with Crippen molar-refractivity contribution in [1.29, 1.82) is 0 Å². The van der Waals surface area contributed by atoms with E-state index >= 15 is 0 Å². The average molecular weight is 245 g/mol. The van der Waals surface area contributed by atoms with Gasteiger partial charge in [-0.05, 0) is 19.4 Å². The standard InChI is InChI=1S/C12H23NO4/c1-14-8-16-11-7-13-6-4-3-5-10(13)12(11)17-9-15-2/h10-12H,3-9H2,1-2H3/t10-,11-,12-/m0/s1.